The average molecular weight is 323 g/mol. The molecule has 117 valence electrons. The van der Waals surface area contributed by atoms with E-state index < -0.39 is 47.0 Å². The molecule has 0 aliphatic heterocycles. The third-order valence-corrected chi connectivity index (χ3v) is 2.62. The SMILES string of the molecule is CC(C)OC(O[Si])(OC(C)C)c1cc(F)c(F)c(F)c1F. The van der Waals surface area contributed by atoms with Gasteiger partial charge in [-0.2, -0.15) is 0 Å². The van der Waals surface area contributed by atoms with Gasteiger partial charge in [-0.3, -0.25) is 0 Å². The Balaban J connectivity index is 3.51. The number of hydrogen-bond donors (Lipinski definition) is 0. The summed E-state index contributed by atoms with van der Waals surface area (Å²) in [6, 6.07) is 0.429. The Morgan fingerprint density at radius 3 is 1.76 bits per heavy atom. The highest BCUT2D eigenvalue weighted by Gasteiger charge is 2.42. The smallest absolute Gasteiger partial charge is 0.305 e. The van der Waals surface area contributed by atoms with Crippen molar-refractivity contribution in [2.45, 2.75) is 45.9 Å². The number of hydrogen-bond acceptors (Lipinski definition) is 3. The molecule has 0 aliphatic carbocycles. The fourth-order valence-corrected chi connectivity index (χ4v) is 1.88. The lowest BCUT2D eigenvalue weighted by molar-refractivity contribution is -0.379. The predicted molar refractivity (Wildman–Crippen MR) is 67.2 cm³/mol. The second kappa shape index (κ2) is 6.86. The summed E-state index contributed by atoms with van der Waals surface area (Å²) in [4.78, 5) is 0. The van der Waals surface area contributed by atoms with Crippen LogP contribution in [0, 0.1) is 23.3 Å². The summed E-state index contributed by atoms with van der Waals surface area (Å²) in [6.07, 6.45) is -1.09. The monoisotopic (exact) mass is 323 g/mol. The van der Waals surface area contributed by atoms with E-state index in [0.29, 0.717) is 6.07 Å². The molecule has 3 radical (unpaired) electrons. The van der Waals surface area contributed by atoms with Gasteiger partial charge in [0.25, 0.3) is 10.5 Å². The number of halogens is 4. The van der Waals surface area contributed by atoms with Crippen LogP contribution in [0.5, 0.6) is 0 Å². The molecule has 1 aromatic carbocycles. The van der Waals surface area contributed by atoms with Crippen molar-refractivity contribution in [1.29, 1.82) is 0 Å². The first kappa shape index (κ1) is 18.1. The van der Waals surface area contributed by atoms with Gasteiger partial charge in [-0.25, -0.2) is 17.6 Å². The third-order valence-electron chi connectivity index (χ3n) is 2.35. The van der Waals surface area contributed by atoms with Crippen molar-refractivity contribution in [1.82, 2.24) is 0 Å². The molecule has 0 saturated carbocycles. The molecule has 21 heavy (non-hydrogen) atoms. The Morgan fingerprint density at radius 2 is 1.38 bits per heavy atom. The van der Waals surface area contributed by atoms with Gasteiger partial charge in [0.2, 0.25) is 0 Å². The van der Waals surface area contributed by atoms with Crippen molar-refractivity contribution in [3.63, 3.8) is 0 Å². The lowest BCUT2D eigenvalue weighted by Gasteiger charge is -2.35. The van der Waals surface area contributed by atoms with Crippen molar-refractivity contribution in [2.24, 2.45) is 0 Å². The highest BCUT2D eigenvalue weighted by molar-refractivity contribution is 5.98. The van der Waals surface area contributed by atoms with Gasteiger partial charge in [-0.15, -0.1) is 0 Å². The zero-order chi connectivity index (χ0) is 16.4. The van der Waals surface area contributed by atoms with Gasteiger partial charge in [0.15, 0.2) is 23.3 Å². The van der Waals surface area contributed by atoms with Crippen LogP contribution in [0.4, 0.5) is 17.6 Å². The van der Waals surface area contributed by atoms with Gasteiger partial charge in [0.1, 0.15) is 0 Å². The van der Waals surface area contributed by atoms with Crippen molar-refractivity contribution in [3.8, 4) is 0 Å². The van der Waals surface area contributed by atoms with E-state index in [1.165, 1.54) is 0 Å². The van der Waals surface area contributed by atoms with Gasteiger partial charge in [-0.1, -0.05) is 0 Å². The van der Waals surface area contributed by atoms with Gasteiger partial charge < -0.3 is 13.9 Å². The summed E-state index contributed by atoms with van der Waals surface area (Å²) in [5, 5.41) is 0. The highest BCUT2D eigenvalue weighted by Crippen LogP contribution is 2.35. The van der Waals surface area contributed by atoms with Crippen LogP contribution in [-0.4, -0.2) is 22.7 Å². The van der Waals surface area contributed by atoms with Crippen molar-refractivity contribution < 1.29 is 31.5 Å². The Kier molecular flexibility index (Phi) is 5.91. The first-order valence-electron chi connectivity index (χ1n) is 6.18. The van der Waals surface area contributed by atoms with Crippen LogP contribution in [0.2, 0.25) is 0 Å². The predicted octanol–water partition coefficient (Wildman–Crippen LogP) is 3.30. The molecule has 0 aromatic heterocycles. The molecule has 0 aliphatic rings. The molecular formula is C13H15F4O3Si. The van der Waals surface area contributed by atoms with Crippen LogP contribution in [0.15, 0.2) is 6.07 Å². The summed E-state index contributed by atoms with van der Waals surface area (Å²) < 4.78 is 69.4. The lowest BCUT2D eigenvalue weighted by Crippen LogP contribution is -2.41. The van der Waals surface area contributed by atoms with Crippen LogP contribution >= 0.6 is 0 Å². The largest absolute Gasteiger partial charge is 0.367 e. The van der Waals surface area contributed by atoms with Crippen LogP contribution in [0.3, 0.4) is 0 Å². The maximum absolute atomic E-state index is 14.0. The van der Waals surface area contributed by atoms with Crippen LogP contribution in [-0.2, 0) is 19.9 Å². The number of rotatable bonds is 6. The standard InChI is InChI=1S/C13H15F4O3Si/c1-6(2)18-13(20-21,19-7(3)4)8-5-9(14)11(16)12(17)10(8)15/h5-7H,1-4H3. The minimum Gasteiger partial charge on any atom is -0.367 e. The number of ether oxygens (including phenoxy) is 2. The van der Waals surface area contributed by atoms with Crippen molar-refractivity contribution in [3.05, 3.63) is 34.9 Å². The molecule has 0 atom stereocenters. The molecule has 0 saturated heterocycles. The molecule has 0 spiro atoms. The normalized spacial score (nSPS) is 12.5. The maximum Gasteiger partial charge on any atom is 0.305 e. The second-order valence-corrected chi connectivity index (χ2v) is 5.04. The molecule has 0 amide bonds. The molecule has 0 fully saturated rings. The first-order valence-corrected chi connectivity index (χ1v) is 6.59. The zero-order valence-corrected chi connectivity index (χ0v) is 13.0. The van der Waals surface area contributed by atoms with E-state index in [2.05, 4.69) is 10.5 Å². The molecule has 1 rings (SSSR count). The van der Waals surface area contributed by atoms with Crippen LogP contribution < -0.4 is 0 Å². The Bertz CT molecular complexity index is 499. The Labute approximate surface area is 123 Å². The van der Waals surface area contributed by atoms with E-state index in [1.54, 1.807) is 27.7 Å². The highest BCUT2D eigenvalue weighted by atomic mass is 28.2. The van der Waals surface area contributed by atoms with Gasteiger partial charge in [-0.05, 0) is 33.8 Å². The Morgan fingerprint density at radius 1 is 0.905 bits per heavy atom. The van der Waals surface area contributed by atoms with Crippen molar-refractivity contribution in [2.75, 3.05) is 0 Å². The molecule has 0 unspecified atom stereocenters. The molecule has 3 nitrogen and oxygen atoms in total. The van der Waals surface area contributed by atoms with Gasteiger partial charge >= 0.3 is 5.97 Å². The van der Waals surface area contributed by atoms with Gasteiger partial charge in [0.05, 0.1) is 17.8 Å². The maximum atomic E-state index is 14.0. The third kappa shape index (κ3) is 3.82. The molecule has 0 N–H and O–H groups in total. The second-order valence-electron chi connectivity index (χ2n) is 4.84. The summed E-state index contributed by atoms with van der Waals surface area (Å²) >= 11 is 0. The molecule has 0 heterocycles. The topological polar surface area (TPSA) is 27.7 Å². The molecule has 8 heteroatoms. The van der Waals surface area contributed by atoms with Crippen LogP contribution in [0.25, 0.3) is 0 Å². The summed E-state index contributed by atoms with van der Waals surface area (Å²) in [7, 11) is 2.67. The van der Waals surface area contributed by atoms with Crippen LogP contribution in [0.1, 0.15) is 33.3 Å². The minimum absolute atomic E-state index is 0.429. The quantitative estimate of drug-likeness (QED) is 0.264. The van der Waals surface area contributed by atoms with E-state index in [1.807, 2.05) is 0 Å². The van der Waals surface area contributed by atoms with E-state index in [-0.39, 0.29) is 0 Å². The van der Waals surface area contributed by atoms with Gasteiger partial charge in [0, 0.05) is 0 Å². The number of benzene rings is 1. The fraction of sp³-hybridized carbons (Fsp3) is 0.538. The molecular weight excluding hydrogens is 308 g/mol. The fourth-order valence-electron chi connectivity index (χ4n) is 1.67. The molecule has 1 aromatic rings. The molecule has 0 bridgehead atoms. The lowest BCUT2D eigenvalue weighted by atomic mass is 10.1. The van der Waals surface area contributed by atoms with Crippen molar-refractivity contribution >= 4 is 10.5 Å². The zero-order valence-electron chi connectivity index (χ0n) is 12.0. The summed E-state index contributed by atoms with van der Waals surface area (Å²) in [5.74, 6) is -9.41. The average Bonchev–Trinajstić information content (AvgIpc) is 2.38. The summed E-state index contributed by atoms with van der Waals surface area (Å²) in [6.45, 7) is 6.32. The minimum atomic E-state index is -2.27. The Hall–Kier alpha value is -0.963. The van der Waals surface area contributed by atoms with E-state index in [0.717, 1.165) is 0 Å². The first-order chi connectivity index (χ1) is 9.64. The van der Waals surface area contributed by atoms with E-state index in [9.17, 15) is 17.6 Å². The summed E-state index contributed by atoms with van der Waals surface area (Å²) in [5.41, 5.74) is -0.753. The van der Waals surface area contributed by atoms with E-state index >= 15 is 0 Å². The van der Waals surface area contributed by atoms with E-state index in [4.69, 9.17) is 13.9 Å².